The molecule has 0 aliphatic rings. The summed E-state index contributed by atoms with van der Waals surface area (Å²) in [5, 5.41) is 5.44. The fourth-order valence-corrected chi connectivity index (χ4v) is 2.24. The minimum Gasteiger partial charge on any atom is -0.451 e. The van der Waals surface area contributed by atoms with Crippen molar-refractivity contribution in [3.05, 3.63) is 66.4 Å². The number of anilines is 1. The molecule has 3 amide bonds. The maximum atomic E-state index is 12.0. The van der Waals surface area contributed by atoms with Crippen LogP contribution in [-0.2, 0) is 9.53 Å². The summed E-state index contributed by atoms with van der Waals surface area (Å²) in [5.41, 5.74) is 1.58. The number of imide groups is 1. The zero-order valence-corrected chi connectivity index (χ0v) is 13.1. The number of carbonyl (C=O) groups excluding carboxylic acids is 3. The molecular formula is C18H15N3O4. The molecule has 0 saturated heterocycles. The molecule has 7 nitrogen and oxygen atoms in total. The summed E-state index contributed by atoms with van der Waals surface area (Å²) < 4.78 is 4.91. The van der Waals surface area contributed by atoms with Crippen molar-refractivity contribution in [1.82, 2.24) is 10.3 Å². The molecule has 3 aromatic rings. The van der Waals surface area contributed by atoms with Gasteiger partial charge in [0.05, 0.1) is 0 Å². The highest BCUT2D eigenvalue weighted by Gasteiger charge is 2.14. The van der Waals surface area contributed by atoms with E-state index in [1.807, 2.05) is 24.3 Å². The van der Waals surface area contributed by atoms with E-state index in [1.54, 1.807) is 36.4 Å². The van der Waals surface area contributed by atoms with E-state index >= 15 is 0 Å². The molecule has 0 radical (unpaired) electrons. The first-order valence-corrected chi connectivity index (χ1v) is 7.52. The predicted octanol–water partition coefficient (Wildman–Crippen LogP) is 2.67. The lowest BCUT2D eigenvalue weighted by Crippen LogP contribution is -2.37. The Bertz CT molecular complexity index is 885. The van der Waals surface area contributed by atoms with Gasteiger partial charge in [0.15, 0.2) is 6.61 Å². The number of esters is 1. The average Bonchev–Trinajstić information content (AvgIpc) is 3.04. The number of para-hydroxylation sites is 2. The van der Waals surface area contributed by atoms with E-state index in [2.05, 4.69) is 15.6 Å². The Morgan fingerprint density at radius 1 is 0.960 bits per heavy atom. The van der Waals surface area contributed by atoms with Crippen LogP contribution in [0.25, 0.3) is 10.9 Å². The molecule has 0 unspecified atom stereocenters. The largest absolute Gasteiger partial charge is 0.451 e. The third-order valence-corrected chi connectivity index (χ3v) is 3.37. The highest BCUT2D eigenvalue weighted by atomic mass is 16.5. The Hall–Kier alpha value is -3.61. The van der Waals surface area contributed by atoms with Crippen LogP contribution in [0, 0.1) is 0 Å². The third-order valence-electron chi connectivity index (χ3n) is 3.37. The van der Waals surface area contributed by atoms with Crippen molar-refractivity contribution >= 4 is 34.5 Å². The molecule has 0 fully saturated rings. The van der Waals surface area contributed by atoms with Gasteiger partial charge in [0, 0.05) is 16.6 Å². The van der Waals surface area contributed by atoms with Crippen LogP contribution in [0.15, 0.2) is 60.7 Å². The number of ether oxygens (including phenoxy) is 1. The fourth-order valence-electron chi connectivity index (χ4n) is 2.24. The van der Waals surface area contributed by atoms with Crippen LogP contribution in [-0.4, -0.2) is 29.5 Å². The first-order chi connectivity index (χ1) is 12.1. The number of H-pyrrole nitrogens is 1. The number of amides is 3. The topological polar surface area (TPSA) is 100 Å². The second-order valence-corrected chi connectivity index (χ2v) is 5.21. The van der Waals surface area contributed by atoms with Crippen molar-refractivity contribution in [2.75, 3.05) is 11.9 Å². The summed E-state index contributed by atoms with van der Waals surface area (Å²) in [7, 11) is 0. The van der Waals surface area contributed by atoms with Crippen LogP contribution in [0.1, 0.15) is 10.5 Å². The second kappa shape index (κ2) is 7.31. The number of aromatic amines is 1. The lowest BCUT2D eigenvalue weighted by Gasteiger charge is -2.07. The van der Waals surface area contributed by atoms with Crippen LogP contribution < -0.4 is 10.6 Å². The van der Waals surface area contributed by atoms with Crippen molar-refractivity contribution in [2.24, 2.45) is 0 Å². The van der Waals surface area contributed by atoms with E-state index in [-0.39, 0.29) is 5.69 Å². The van der Waals surface area contributed by atoms with E-state index in [0.29, 0.717) is 5.69 Å². The molecular weight excluding hydrogens is 322 g/mol. The van der Waals surface area contributed by atoms with E-state index in [9.17, 15) is 14.4 Å². The predicted molar refractivity (Wildman–Crippen MR) is 92.2 cm³/mol. The lowest BCUT2D eigenvalue weighted by atomic mass is 10.2. The molecule has 2 aromatic carbocycles. The van der Waals surface area contributed by atoms with Gasteiger partial charge in [-0.2, -0.15) is 0 Å². The number of hydrogen-bond acceptors (Lipinski definition) is 4. The van der Waals surface area contributed by atoms with Crippen LogP contribution in [0.5, 0.6) is 0 Å². The molecule has 126 valence electrons. The summed E-state index contributed by atoms with van der Waals surface area (Å²) in [6.07, 6.45) is 0. The normalized spacial score (nSPS) is 10.2. The lowest BCUT2D eigenvalue weighted by molar-refractivity contribution is -0.123. The molecule has 0 saturated carbocycles. The van der Waals surface area contributed by atoms with Gasteiger partial charge < -0.3 is 15.0 Å². The Labute approximate surface area is 143 Å². The van der Waals surface area contributed by atoms with Gasteiger partial charge in [0.2, 0.25) is 0 Å². The monoisotopic (exact) mass is 337 g/mol. The molecule has 0 aliphatic carbocycles. The molecule has 0 atom stereocenters. The average molecular weight is 337 g/mol. The van der Waals surface area contributed by atoms with Gasteiger partial charge in [0.25, 0.3) is 5.91 Å². The highest BCUT2D eigenvalue weighted by Crippen LogP contribution is 2.15. The summed E-state index contributed by atoms with van der Waals surface area (Å²) in [4.78, 5) is 38.2. The quantitative estimate of drug-likeness (QED) is 0.637. The molecule has 1 heterocycles. The number of carbonyl (C=O) groups is 3. The number of aromatic nitrogens is 1. The molecule has 3 N–H and O–H groups in total. The standard InChI is InChI=1S/C18H15N3O4/c22-16(21-18(24)19-13-7-2-1-3-8-13)11-25-17(23)15-10-12-6-4-5-9-14(12)20-15/h1-10,20H,11H2,(H2,19,21,22,24). The van der Waals surface area contributed by atoms with Gasteiger partial charge >= 0.3 is 12.0 Å². The van der Waals surface area contributed by atoms with Gasteiger partial charge in [0.1, 0.15) is 5.69 Å². The number of benzene rings is 2. The molecule has 1 aromatic heterocycles. The molecule has 0 spiro atoms. The van der Waals surface area contributed by atoms with Crippen molar-refractivity contribution in [3.63, 3.8) is 0 Å². The number of fused-ring (bicyclic) bond motifs is 1. The summed E-state index contributed by atoms with van der Waals surface area (Å²) >= 11 is 0. The minimum absolute atomic E-state index is 0.239. The highest BCUT2D eigenvalue weighted by molar-refractivity contribution is 6.02. The molecule has 3 rings (SSSR count). The number of rotatable bonds is 4. The van der Waals surface area contributed by atoms with Gasteiger partial charge in [-0.1, -0.05) is 36.4 Å². The molecule has 7 heteroatoms. The maximum absolute atomic E-state index is 12.0. The minimum atomic E-state index is -0.724. The van der Waals surface area contributed by atoms with Gasteiger partial charge in [-0.25, -0.2) is 9.59 Å². The third kappa shape index (κ3) is 4.23. The summed E-state index contributed by atoms with van der Waals surface area (Å²) in [6, 6.07) is 17.0. The second-order valence-electron chi connectivity index (χ2n) is 5.21. The first kappa shape index (κ1) is 16.3. The van der Waals surface area contributed by atoms with Gasteiger partial charge in [-0.15, -0.1) is 0 Å². The molecule has 25 heavy (non-hydrogen) atoms. The van der Waals surface area contributed by atoms with Gasteiger partial charge in [-0.3, -0.25) is 10.1 Å². The zero-order valence-electron chi connectivity index (χ0n) is 13.1. The smallest absolute Gasteiger partial charge is 0.355 e. The Morgan fingerprint density at radius 2 is 1.68 bits per heavy atom. The van der Waals surface area contributed by atoms with Crippen LogP contribution in [0.2, 0.25) is 0 Å². The van der Waals surface area contributed by atoms with Crippen molar-refractivity contribution < 1.29 is 19.1 Å². The summed E-state index contributed by atoms with van der Waals surface area (Å²) in [6.45, 7) is -0.559. The number of urea groups is 1. The van der Waals surface area contributed by atoms with Crippen molar-refractivity contribution in [1.29, 1.82) is 0 Å². The number of hydrogen-bond donors (Lipinski definition) is 3. The van der Waals surface area contributed by atoms with E-state index < -0.39 is 24.5 Å². The van der Waals surface area contributed by atoms with Crippen LogP contribution in [0.4, 0.5) is 10.5 Å². The summed E-state index contributed by atoms with van der Waals surface area (Å²) in [5.74, 6) is -1.40. The molecule has 0 bridgehead atoms. The van der Waals surface area contributed by atoms with E-state index in [0.717, 1.165) is 10.9 Å². The van der Waals surface area contributed by atoms with Crippen LogP contribution in [0.3, 0.4) is 0 Å². The first-order valence-electron chi connectivity index (χ1n) is 7.52. The maximum Gasteiger partial charge on any atom is 0.355 e. The Balaban J connectivity index is 1.49. The van der Waals surface area contributed by atoms with Crippen molar-refractivity contribution in [3.8, 4) is 0 Å². The Kier molecular flexibility index (Phi) is 4.75. The Morgan fingerprint density at radius 3 is 2.44 bits per heavy atom. The zero-order chi connectivity index (χ0) is 17.6. The molecule has 0 aliphatic heterocycles. The van der Waals surface area contributed by atoms with Crippen molar-refractivity contribution in [2.45, 2.75) is 0 Å². The van der Waals surface area contributed by atoms with Crippen LogP contribution >= 0.6 is 0 Å². The SMILES string of the molecule is O=C(COC(=O)c1cc2ccccc2[nH]1)NC(=O)Nc1ccccc1. The van der Waals surface area contributed by atoms with E-state index in [4.69, 9.17) is 4.74 Å². The van der Waals surface area contributed by atoms with E-state index in [1.165, 1.54) is 0 Å². The van der Waals surface area contributed by atoms with Gasteiger partial charge in [-0.05, 0) is 24.3 Å². The fraction of sp³-hybridized carbons (Fsp3) is 0.0556. The number of nitrogens with one attached hydrogen (secondary N) is 3.